The van der Waals surface area contributed by atoms with E-state index in [0.29, 0.717) is 49.8 Å². The zero-order valence-corrected chi connectivity index (χ0v) is 22.1. The third-order valence-electron chi connectivity index (χ3n) is 6.89. The smallest absolute Gasteiger partial charge is 0.417 e. The van der Waals surface area contributed by atoms with Crippen molar-refractivity contribution in [2.24, 2.45) is 0 Å². The maximum Gasteiger partial charge on any atom is 0.417 e. The van der Waals surface area contributed by atoms with Gasteiger partial charge < -0.3 is 24.3 Å². The van der Waals surface area contributed by atoms with Crippen LogP contribution in [-0.2, 0) is 25.4 Å². The molecule has 0 spiro atoms. The van der Waals surface area contributed by atoms with Crippen LogP contribution in [0.1, 0.15) is 44.6 Å². The highest BCUT2D eigenvalue weighted by Crippen LogP contribution is 2.30. The molecule has 2 amide bonds. The number of carbonyl (C=O) groups excluding carboxylic acids is 2. The summed E-state index contributed by atoms with van der Waals surface area (Å²) in [6.07, 6.45) is 14.4. The fraction of sp³-hybridized carbons (Fsp3) is 0.379. The van der Waals surface area contributed by atoms with Gasteiger partial charge in [-0.1, -0.05) is 18.2 Å². The number of carbonyl (C=O) groups is 2. The van der Waals surface area contributed by atoms with Crippen LogP contribution in [-0.4, -0.2) is 52.7 Å². The van der Waals surface area contributed by atoms with Crippen LogP contribution in [0.25, 0.3) is 11.0 Å². The predicted octanol–water partition coefficient (Wildman–Crippen LogP) is 4.64. The maximum absolute atomic E-state index is 12.7. The molecule has 0 saturated carbocycles. The van der Waals surface area contributed by atoms with Crippen LogP contribution in [0.15, 0.2) is 72.4 Å². The van der Waals surface area contributed by atoms with Gasteiger partial charge in [-0.25, -0.2) is 14.7 Å². The Hall–Kier alpha value is -4.34. The molecule has 1 N–H and O–H groups in total. The first-order valence-electron chi connectivity index (χ1n) is 13.1. The van der Waals surface area contributed by atoms with Gasteiger partial charge in [0, 0.05) is 25.2 Å². The van der Waals surface area contributed by atoms with E-state index < -0.39 is 6.09 Å². The van der Waals surface area contributed by atoms with Gasteiger partial charge in [0.25, 0.3) is 0 Å². The second-order valence-corrected chi connectivity index (χ2v) is 9.66. The number of fused-ring (bicyclic) bond motifs is 1. The summed E-state index contributed by atoms with van der Waals surface area (Å²) in [6, 6.07) is 5.51. The van der Waals surface area contributed by atoms with Crippen LogP contribution < -0.4 is 10.1 Å². The van der Waals surface area contributed by atoms with Crippen molar-refractivity contribution in [3.63, 3.8) is 0 Å². The maximum atomic E-state index is 12.7. The SMILES string of the molecule is COc1ccc2nccc(CC[C@H](CC[C@H]3CN(C4=COC=C(C5=CC=CCC5)O4)C(=O)O3)NC(C)=O)c2n1. The van der Waals surface area contributed by atoms with Gasteiger partial charge >= 0.3 is 6.09 Å². The number of ether oxygens (including phenoxy) is 4. The first-order chi connectivity index (χ1) is 19.0. The molecular formula is C29H32N4O6. The summed E-state index contributed by atoms with van der Waals surface area (Å²) in [6.45, 7) is 1.85. The molecular weight excluding hydrogens is 500 g/mol. The van der Waals surface area contributed by atoms with Crippen LogP contribution >= 0.6 is 0 Å². The standard InChI is InChI=1S/C29H32N4O6/c1-19(34)31-22(9-8-21-14-15-30-24-12-13-26(36-2)32-28(21)24)10-11-23-16-33(29(35)38-23)27-18-37-17-25(39-27)20-6-4-3-5-7-20/h3-4,6,12-15,17-18,22-23H,5,7-11,16H2,1-2H3,(H,31,34)/t22-,23+/m1/s1. The van der Waals surface area contributed by atoms with Crippen molar-refractivity contribution in [1.29, 1.82) is 0 Å². The molecule has 2 aromatic heterocycles. The molecule has 10 heteroatoms. The number of aromatic nitrogens is 2. The monoisotopic (exact) mass is 532 g/mol. The molecule has 1 aliphatic carbocycles. The van der Waals surface area contributed by atoms with E-state index in [1.54, 1.807) is 25.6 Å². The molecule has 4 heterocycles. The highest BCUT2D eigenvalue weighted by molar-refractivity contribution is 5.78. The van der Waals surface area contributed by atoms with E-state index >= 15 is 0 Å². The van der Waals surface area contributed by atoms with Crippen molar-refractivity contribution >= 4 is 23.0 Å². The minimum atomic E-state index is -0.479. The van der Waals surface area contributed by atoms with Crippen molar-refractivity contribution in [2.45, 2.75) is 57.6 Å². The molecule has 10 nitrogen and oxygen atoms in total. The Morgan fingerprint density at radius 3 is 2.95 bits per heavy atom. The number of methoxy groups -OCH3 is 1. The average molecular weight is 533 g/mol. The number of nitrogens with zero attached hydrogens (tertiary/aromatic N) is 3. The highest BCUT2D eigenvalue weighted by atomic mass is 16.6. The van der Waals surface area contributed by atoms with E-state index in [1.165, 1.54) is 18.1 Å². The summed E-state index contributed by atoms with van der Waals surface area (Å²) in [5.74, 6) is 1.32. The van der Waals surface area contributed by atoms with E-state index in [1.807, 2.05) is 24.3 Å². The third-order valence-corrected chi connectivity index (χ3v) is 6.89. The molecule has 5 rings (SSSR count). The molecule has 2 atom stereocenters. The highest BCUT2D eigenvalue weighted by Gasteiger charge is 2.36. The van der Waals surface area contributed by atoms with Gasteiger partial charge in [-0.15, -0.1) is 0 Å². The van der Waals surface area contributed by atoms with E-state index in [-0.39, 0.29) is 18.1 Å². The number of cyclic esters (lactones) is 1. The first-order valence-corrected chi connectivity index (χ1v) is 13.1. The Bertz CT molecular complexity index is 1360. The molecule has 39 heavy (non-hydrogen) atoms. The van der Waals surface area contributed by atoms with Gasteiger partial charge in [0.05, 0.1) is 24.7 Å². The topological polar surface area (TPSA) is 112 Å². The fourth-order valence-corrected chi connectivity index (χ4v) is 4.90. The predicted molar refractivity (Wildman–Crippen MR) is 143 cm³/mol. The molecule has 0 radical (unpaired) electrons. The summed E-state index contributed by atoms with van der Waals surface area (Å²) in [4.78, 5) is 35.0. The molecule has 0 unspecified atom stereocenters. The third kappa shape index (κ3) is 6.39. The Morgan fingerprint density at radius 2 is 2.15 bits per heavy atom. The lowest BCUT2D eigenvalue weighted by molar-refractivity contribution is -0.119. The van der Waals surface area contributed by atoms with E-state index in [0.717, 1.165) is 35.0 Å². The number of rotatable bonds is 10. The number of pyridine rings is 2. The molecule has 0 bridgehead atoms. The number of allylic oxidation sites excluding steroid dienone is 4. The van der Waals surface area contributed by atoms with Crippen molar-refractivity contribution in [1.82, 2.24) is 20.2 Å². The molecule has 1 saturated heterocycles. The molecule has 1 fully saturated rings. The average Bonchev–Trinajstić information content (AvgIpc) is 3.34. The zero-order valence-electron chi connectivity index (χ0n) is 22.1. The molecule has 0 aromatic carbocycles. The van der Waals surface area contributed by atoms with E-state index in [4.69, 9.17) is 18.9 Å². The zero-order chi connectivity index (χ0) is 27.2. The lowest BCUT2D eigenvalue weighted by atomic mass is 9.99. The second-order valence-electron chi connectivity index (χ2n) is 9.66. The van der Waals surface area contributed by atoms with Gasteiger partial charge in [-0.2, -0.15) is 0 Å². The molecule has 2 aliphatic heterocycles. The quantitative estimate of drug-likeness (QED) is 0.471. The summed E-state index contributed by atoms with van der Waals surface area (Å²) in [7, 11) is 1.58. The number of hydrogen-bond donors (Lipinski definition) is 1. The number of nitrogens with one attached hydrogen (secondary N) is 1. The molecule has 3 aliphatic rings. The number of amides is 2. The van der Waals surface area contributed by atoms with Crippen LogP contribution in [0, 0.1) is 0 Å². The fourth-order valence-electron chi connectivity index (χ4n) is 4.90. The van der Waals surface area contributed by atoms with Crippen LogP contribution in [0.2, 0.25) is 0 Å². The van der Waals surface area contributed by atoms with Gasteiger partial charge in [0.15, 0.2) is 12.0 Å². The van der Waals surface area contributed by atoms with Gasteiger partial charge in [0.2, 0.25) is 17.7 Å². The van der Waals surface area contributed by atoms with Crippen LogP contribution in [0.4, 0.5) is 4.79 Å². The van der Waals surface area contributed by atoms with Crippen molar-refractivity contribution < 1.29 is 28.5 Å². The minimum absolute atomic E-state index is 0.0987. The van der Waals surface area contributed by atoms with Crippen LogP contribution in [0.3, 0.4) is 0 Å². The number of aryl methyl sites for hydroxylation is 1. The number of hydrogen-bond acceptors (Lipinski definition) is 8. The normalized spacial score (nSPS) is 19.3. The van der Waals surface area contributed by atoms with Crippen LogP contribution in [0.5, 0.6) is 5.88 Å². The summed E-state index contributed by atoms with van der Waals surface area (Å²) >= 11 is 0. The van der Waals surface area contributed by atoms with Crippen molar-refractivity contribution in [3.8, 4) is 5.88 Å². The molecule has 2 aromatic rings. The largest absolute Gasteiger partial charge is 0.481 e. The van der Waals surface area contributed by atoms with E-state index in [2.05, 4.69) is 21.4 Å². The minimum Gasteiger partial charge on any atom is -0.481 e. The lowest BCUT2D eigenvalue weighted by Gasteiger charge is -2.23. The van der Waals surface area contributed by atoms with Gasteiger partial charge in [0.1, 0.15) is 12.4 Å². The second kappa shape index (κ2) is 12.0. The summed E-state index contributed by atoms with van der Waals surface area (Å²) in [5, 5.41) is 3.04. The van der Waals surface area contributed by atoms with Crippen molar-refractivity contribution in [2.75, 3.05) is 13.7 Å². The Kier molecular flexibility index (Phi) is 8.10. The van der Waals surface area contributed by atoms with Crippen molar-refractivity contribution in [3.05, 3.63) is 77.9 Å². The van der Waals surface area contributed by atoms with E-state index in [9.17, 15) is 9.59 Å². The summed E-state index contributed by atoms with van der Waals surface area (Å²) < 4.78 is 22.4. The van der Waals surface area contributed by atoms with Gasteiger partial charge in [-0.3, -0.25) is 9.78 Å². The van der Waals surface area contributed by atoms with Gasteiger partial charge in [-0.05, 0) is 61.8 Å². The lowest BCUT2D eigenvalue weighted by Crippen LogP contribution is -2.34. The Morgan fingerprint density at radius 1 is 1.26 bits per heavy atom. The first kappa shape index (κ1) is 26.3. The Labute approximate surface area is 227 Å². The Balaban J connectivity index is 1.18. The molecule has 204 valence electrons. The summed E-state index contributed by atoms with van der Waals surface area (Å²) in [5.41, 5.74) is 3.62.